The number of phenolic OH excluding ortho intramolecular Hbond substituents is 2. The second-order valence-corrected chi connectivity index (χ2v) is 11.1. The van der Waals surface area contributed by atoms with Crippen LogP contribution in [0.4, 0.5) is 0 Å². The van der Waals surface area contributed by atoms with Crippen molar-refractivity contribution in [1.29, 1.82) is 0 Å². The van der Waals surface area contributed by atoms with E-state index in [0.29, 0.717) is 36.9 Å². The quantitative estimate of drug-likeness (QED) is 0.0791. The van der Waals surface area contributed by atoms with Gasteiger partial charge in [0.15, 0.2) is 0 Å². The molecule has 0 fully saturated rings. The van der Waals surface area contributed by atoms with E-state index < -0.39 is 54.9 Å². The van der Waals surface area contributed by atoms with E-state index in [-0.39, 0.29) is 43.5 Å². The summed E-state index contributed by atoms with van der Waals surface area (Å²) in [6.07, 6.45) is 1.79. The largest absolute Gasteiger partial charge is 0.508 e. The number of carbonyl (C=O) groups is 4. The highest BCUT2D eigenvalue weighted by molar-refractivity contribution is 5.93. The minimum Gasteiger partial charge on any atom is -0.508 e. The van der Waals surface area contributed by atoms with Crippen molar-refractivity contribution in [3.63, 3.8) is 0 Å². The van der Waals surface area contributed by atoms with Crippen LogP contribution in [0.1, 0.15) is 36.8 Å². The number of benzene rings is 2. The fraction of sp³-hybridized carbons (Fsp3) is 0.484. The summed E-state index contributed by atoms with van der Waals surface area (Å²) < 4.78 is 0. The van der Waals surface area contributed by atoms with Gasteiger partial charge in [-0.1, -0.05) is 12.1 Å². The second kappa shape index (κ2) is 19.3. The highest BCUT2D eigenvalue weighted by Gasteiger charge is 2.26. The number of rotatable bonds is 19. The lowest BCUT2D eigenvalue weighted by atomic mass is 9.97. The van der Waals surface area contributed by atoms with Crippen molar-refractivity contribution in [1.82, 2.24) is 21.3 Å². The molecule has 0 radical (unpaired) electrons. The minimum absolute atomic E-state index is 0.0429. The van der Waals surface area contributed by atoms with E-state index in [1.165, 1.54) is 6.07 Å². The van der Waals surface area contributed by atoms with Crippen LogP contribution in [0.3, 0.4) is 0 Å². The van der Waals surface area contributed by atoms with Crippen molar-refractivity contribution in [3.8, 4) is 22.6 Å². The van der Waals surface area contributed by atoms with Gasteiger partial charge in [0.2, 0.25) is 23.6 Å². The average Bonchev–Trinajstić information content (AvgIpc) is 3.04. The fourth-order valence-electron chi connectivity index (χ4n) is 4.53. The van der Waals surface area contributed by atoms with Crippen LogP contribution in [-0.2, 0) is 25.6 Å². The van der Waals surface area contributed by atoms with Crippen molar-refractivity contribution in [3.05, 3.63) is 47.5 Å². The average molecular weight is 645 g/mol. The van der Waals surface area contributed by atoms with Gasteiger partial charge >= 0.3 is 0 Å². The highest BCUT2D eigenvalue weighted by atomic mass is 16.3. The van der Waals surface area contributed by atoms with E-state index in [1.807, 2.05) is 0 Å². The van der Waals surface area contributed by atoms with Crippen LogP contribution in [0.5, 0.6) is 11.5 Å². The molecule has 15 heteroatoms. The number of aromatic hydroxyl groups is 2. The van der Waals surface area contributed by atoms with Crippen LogP contribution in [-0.4, -0.2) is 95.9 Å². The van der Waals surface area contributed by atoms with Gasteiger partial charge < -0.3 is 59.5 Å². The normalized spacial score (nSPS) is 13.6. The summed E-state index contributed by atoms with van der Waals surface area (Å²) in [5, 5.41) is 39.7. The number of nitrogens with two attached hydrogens (primary N) is 4. The second-order valence-electron chi connectivity index (χ2n) is 11.1. The Bertz CT molecular complexity index is 1330. The summed E-state index contributed by atoms with van der Waals surface area (Å²) in [6.45, 7) is 1.40. The number of aliphatic hydroxyl groups excluding tert-OH is 1. The minimum atomic E-state index is -1.26. The Morgan fingerprint density at radius 2 is 1.39 bits per heavy atom. The molecular weight excluding hydrogens is 596 g/mol. The molecule has 46 heavy (non-hydrogen) atoms. The third-order valence-corrected chi connectivity index (χ3v) is 7.29. The first-order chi connectivity index (χ1) is 21.9. The number of aliphatic hydroxyl groups is 1. The highest BCUT2D eigenvalue weighted by Crippen LogP contribution is 2.29. The maximum atomic E-state index is 13.0. The first kappa shape index (κ1) is 37.9. The lowest BCUT2D eigenvalue weighted by Gasteiger charge is -2.21. The Hall–Kier alpha value is -4.28. The Morgan fingerprint density at radius 3 is 2.02 bits per heavy atom. The lowest BCUT2D eigenvalue weighted by molar-refractivity contribution is -0.132. The Labute approximate surface area is 268 Å². The van der Waals surface area contributed by atoms with E-state index in [9.17, 15) is 34.5 Å². The molecule has 0 aliphatic heterocycles. The molecule has 254 valence electrons. The van der Waals surface area contributed by atoms with Crippen LogP contribution in [0, 0.1) is 6.92 Å². The SMILES string of the molecule is Cc1cc(-c2ccc(O)c(C[C@H](N)C(=O)N[C@@H](CCCN)C(=O)NCC(=O)N[C@@H](CO)C(=O)NC[C@@H](N)CCCN)c2)ccc1O. The van der Waals surface area contributed by atoms with Crippen molar-refractivity contribution in [2.24, 2.45) is 22.9 Å². The molecule has 0 aromatic heterocycles. The summed E-state index contributed by atoms with van der Waals surface area (Å²) in [5.74, 6) is -2.61. The van der Waals surface area contributed by atoms with E-state index in [0.717, 1.165) is 11.1 Å². The van der Waals surface area contributed by atoms with E-state index in [4.69, 9.17) is 22.9 Å². The topological polar surface area (TPSA) is 281 Å². The molecule has 2 aromatic carbocycles. The number of phenols is 2. The molecule has 0 aliphatic rings. The molecule has 0 aliphatic carbocycles. The van der Waals surface area contributed by atoms with E-state index in [2.05, 4.69) is 21.3 Å². The van der Waals surface area contributed by atoms with Gasteiger partial charge in [-0.25, -0.2) is 0 Å². The van der Waals surface area contributed by atoms with E-state index >= 15 is 0 Å². The standard InChI is InChI=1S/C31H48N8O7/c1-18-12-19(6-8-26(18)41)20-7-9-27(42)21(13-20)14-23(35)29(44)39-24(5-3-11-33)30(45)37-16-28(43)38-25(17-40)31(46)36-15-22(34)4-2-10-32/h6-9,12-13,22-25,40-42H,2-5,10-11,14-17,32-35H2,1H3,(H,36,46)(H,37,45)(H,38,43)(H,39,44)/t22-,23-,24-,25-/m0/s1. The van der Waals surface area contributed by atoms with Gasteiger partial charge in [0.05, 0.1) is 19.2 Å². The van der Waals surface area contributed by atoms with Crippen LogP contribution in [0.15, 0.2) is 36.4 Å². The van der Waals surface area contributed by atoms with Crippen LogP contribution in [0.25, 0.3) is 11.1 Å². The van der Waals surface area contributed by atoms with Crippen LogP contribution < -0.4 is 44.2 Å². The molecule has 2 rings (SSSR count). The molecule has 2 aromatic rings. The molecule has 0 unspecified atom stereocenters. The molecule has 15 nitrogen and oxygen atoms in total. The third-order valence-electron chi connectivity index (χ3n) is 7.29. The molecule has 0 bridgehead atoms. The third kappa shape index (κ3) is 12.3. The van der Waals surface area contributed by atoms with Gasteiger partial charge in [0.1, 0.15) is 23.6 Å². The fourth-order valence-corrected chi connectivity index (χ4v) is 4.53. The molecule has 0 heterocycles. The number of hydrogen-bond donors (Lipinski definition) is 11. The summed E-state index contributed by atoms with van der Waals surface area (Å²) in [6, 6.07) is 6.18. The lowest BCUT2D eigenvalue weighted by Crippen LogP contribution is -2.55. The summed E-state index contributed by atoms with van der Waals surface area (Å²) >= 11 is 0. The maximum absolute atomic E-state index is 13.0. The zero-order valence-corrected chi connectivity index (χ0v) is 26.1. The van der Waals surface area contributed by atoms with Crippen molar-refractivity contribution in [2.45, 2.75) is 63.2 Å². The molecule has 4 atom stereocenters. The van der Waals surface area contributed by atoms with Crippen molar-refractivity contribution in [2.75, 3.05) is 32.8 Å². The van der Waals surface area contributed by atoms with Gasteiger partial charge in [-0.15, -0.1) is 0 Å². The van der Waals surface area contributed by atoms with Crippen LogP contribution >= 0.6 is 0 Å². The monoisotopic (exact) mass is 644 g/mol. The number of nitrogens with one attached hydrogen (secondary N) is 4. The Morgan fingerprint density at radius 1 is 0.783 bits per heavy atom. The molecule has 0 spiro atoms. The molecule has 4 amide bonds. The van der Waals surface area contributed by atoms with Crippen molar-refractivity contribution >= 4 is 23.6 Å². The summed E-state index contributed by atoms with van der Waals surface area (Å²) in [5.41, 5.74) is 25.7. The molecule has 0 saturated carbocycles. The van der Waals surface area contributed by atoms with Gasteiger partial charge in [-0.05, 0) is 92.2 Å². The summed E-state index contributed by atoms with van der Waals surface area (Å²) in [7, 11) is 0. The maximum Gasteiger partial charge on any atom is 0.245 e. The first-order valence-electron chi connectivity index (χ1n) is 15.2. The van der Waals surface area contributed by atoms with Gasteiger partial charge in [0.25, 0.3) is 0 Å². The predicted molar refractivity (Wildman–Crippen MR) is 173 cm³/mol. The molecule has 15 N–H and O–H groups in total. The Balaban J connectivity index is 1.97. The van der Waals surface area contributed by atoms with Gasteiger partial charge in [-0.3, -0.25) is 19.2 Å². The number of aryl methyl sites for hydroxylation is 1. The number of carbonyl (C=O) groups excluding carboxylic acids is 4. The van der Waals surface area contributed by atoms with Crippen molar-refractivity contribution < 1.29 is 34.5 Å². The van der Waals surface area contributed by atoms with Crippen LogP contribution in [0.2, 0.25) is 0 Å². The predicted octanol–water partition coefficient (Wildman–Crippen LogP) is -2.06. The van der Waals surface area contributed by atoms with Gasteiger partial charge in [0, 0.05) is 19.0 Å². The zero-order valence-electron chi connectivity index (χ0n) is 26.1. The Kier molecular flexibility index (Phi) is 15.9. The number of hydrogen-bond acceptors (Lipinski definition) is 11. The smallest absolute Gasteiger partial charge is 0.245 e. The molecule has 0 saturated heterocycles. The number of amides is 4. The molecular formula is C31H48N8O7. The van der Waals surface area contributed by atoms with Gasteiger partial charge in [-0.2, -0.15) is 0 Å². The summed E-state index contributed by atoms with van der Waals surface area (Å²) in [4.78, 5) is 50.8. The first-order valence-corrected chi connectivity index (χ1v) is 15.2. The van der Waals surface area contributed by atoms with E-state index in [1.54, 1.807) is 37.3 Å². The zero-order chi connectivity index (χ0) is 34.2.